The van der Waals surface area contributed by atoms with Crippen LogP contribution in [-0.4, -0.2) is 109 Å². The number of aliphatic hydroxyl groups is 3. The van der Waals surface area contributed by atoms with Crippen LogP contribution in [-0.2, 0) is 25.5 Å². The molecular weight excluding hydrogens is 564 g/mol. The summed E-state index contributed by atoms with van der Waals surface area (Å²) in [6.07, 6.45) is -0.0626. The van der Waals surface area contributed by atoms with Gasteiger partial charge in [-0.3, -0.25) is 19.3 Å². The molecule has 14 nitrogen and oxygen atoms in total. The van der Waals surface area contributed by atoms with Gasteiger partial charge in [-0.1, -0.05) is 0 Å². The van der Waals surface area contributed by atoms with E-state index >= 15 is 0 Å². The highest BCUT2D eigenvalue weighted by Crippen LogP contribution is 2.58. The van der Waals surface area contributed by atoms with Crippen LogP contribution in [0.2, 0.25) is 0 Å². The summed E-state index contributed by atoms with van der Waals surface area (Å²) in [7, 11) is 6.67. The van der Waals surface area contributed by atoms with Crippen LogP contribution in [0.3, 0.4) is 0 Å². The number of nitrogens with two attached hydrogens (primary N) is 2. The van der Waals surface area contributed by atoms with Gasteiger partial charge in [0.15, 0.2) is 11.4 Å². The number of ketones is 2. The number of carbonyl (C=O) groups excluding carboxylic acids is 4. The van der Waals surface area contributed by atoms with E-state index in [1.807, 2.05) is 0 Å². The zero-order valence-electron chi connectivity index (χ0n) is 24.5. The average Bonchev–Trinajstić information content (AvgIpc) is 2.89. The van der Waals surface area contributed by atoms with Crippen LogP contribution in [0.15, 0.2) is 34.8 Å². The number of aliphatic hydroxyl groups excluding tert-OH is 2. The molecule has 43 heavy (non-hydrogen) atoms. The van der Waals surface area contributed by atoms with Gasteiger partial charge >= 0.3 is 6.09 Å². The van der Waals surface area contributed by atoms with Gasteiger partial charge in [-0.25, -0.2) is 4.79 Å². The van der Waals surface area contributed by atoms with Crippen LogP contribution in [0.4, 0.5) is 10.5 Å². The molecule has 0 fully saturated rings. The molecule has 8 N–H and O–H groups in total. The van der Waals surface area contributed by atoms with Crippen molar-refractivity contribution in [2.45, 2.75) is 37.3 Å². The van der Waals surface area contributed by atoms with E-state index in [1.165, 1.54) is 11.0 Å². The number of ether oxygens (including phenoxy) is 2. The summed E-state index contributed by atoms with van der Waals surface area (Å²) in [4.78, 5) is 54.2. The monoisotopic (exact) mass is 602 g/mol. The summed E-state index contributed by atoms with van der Waals surface area (Å²) in [5, 5.41) is 45.6. The standard InChI is InChI=1S/C29H38N4O10/c1-32(2)16-7-8-17(34)18-14(16)11-28(13-42-9-5-6-10-43-27(31)40)12-15-21(33(3)4)23(36)19(26(30)39)24(37)29(15,41)25(38)20(28)22(18)35/h7-8,15,21,34,36,38,41H,5-6,9-13H2,1-4H3,(H2,30,39)(H2,31,40)/t15-,21-,28-,29+/m0/s1. The highest BCUT2D eigenvalue weighted by molar-refractivity contribution is 6.25. The molecule has 0 bridgehead atoms. The molecule has 0 aromatic heterocycles. The number of primary amides is 2. The van der Waals surface area contributed by atoms with E-state index in [-0.39, 0.29) is 49.5 Å². The summed E-state index contributed by atoms with van der Waals surface area (Å²) < 4.78 is 10.8. The maximum absolute atomic E-state index is 14.2. The van der Waals surface area contributed by atoms with Gasteiger partial charge in [0.05, 0.1) is 30.4 Å². The van der Waals surface area contributed by atoms with Crippen molar-refractivity contribution in [2.75, 3.05) is 52.9 Å². The number of phenols is 1. The molecule has 234 valence electrons. The van der Waals surface area contributed by atoms with Gasteiger partial charge in [0, 0.05) is 37.7 Å². The van der Waals surface area contributed by atoms with E-state index in [0.29, 0.717) is 24.1 Å². The number of hydrogen-bond donors (Lipinski definition) is 6. The third-order valence-electron chi connectivity index (χ3n) is 8.59. The number of aromatic hydroxyl groups is 1. The number of fused-ring (bicyclic) bond motifs is 3. The summed E-state index contributed by atoms with van der Waals surface area (Å²) in [5.74, 6) is -6.63. The Morgan fingerprint density at radius 3 is 2.28 bits per heavy atom. The molecule has 0 heterocycles. The Morgan fingerprint density at radius 1 is 1.05 bits per heavy atom. The van der Waals surface area contributed by atoms with Gasteiger partial charge in [0.25, 0.3) is 5.91 Å². The highest BCUT2D eigenvalue weighted by Gasteiger charge is 2.66. The van der Waals surface area contributed by atoms with Crippen molar-refractivity contribution in [2.24, 2.45) is 22.8 Å². The fraction of sp³-hybridized carbons (Fsp3) is 0.517. The number of amides is 2. The van der Waals surface area contributed by atoms with Gasteiger partial charge in [-0.2, -0.15) is 0 Å². The number of likely N-dealkylation sites (N-methyl/N-ethyl adjacent to an activating group) is 1. The molecule has 1 aromatic carbocycles. The van der Waals surface area contributed by atoms with Gasteiger partial charge in [0.1, 0.15) is 22.8 Å². The number of phenolic OH excluding ortho intramolecular Hbond substituents is 1. The van der Waals surface area contributed by atoms with Crippen LogP contribution >= 0.6 is 0 Å². The Hall–Kier alpha value is -4.14. The second-order valence-electron chi connectivity index (χ2n) is 11.7. The fourth-order valence-electron chi connectivity index (χ4n) is 6.77. The Bertz CT molecular complexity index is 1430. The molecule has 2 amide bonds. The summed E-state index contributed by atoms with van der Waals surface area (Å²) in [5.41, 5.74) is 6.13. The average molecular weight is 603 g/mol. The van der Waals surface area contributed by atoms with Crippen LogP contribution in [0.5, 0.6) is 5.75 Å². The number of unbranched alkanes of at least 4 members (excludes halogenated alkanes) is 1. The first-order valence-corrected chi connectivity index (χ1v) is 13.8. The minimum atomic E-state index is -2.78. The summed E-state index contributed by atoms with van der Waals surface area (Å²) in [6, 6.07) is 1.86. The maximum atomic E-state index is 14.2. The molecular formula is C29H38N4O10. The molecule has 1 aromatic rings. The van der Waals surface area contributed by atoms with Crippen LogP contribution in [0, 0.1) is 11.3 Å². The second kappa shape index (κ2) is 11.5. The predicted molar refractivity (Wildman–Crippen MR) is 153 cm³/mol. The van der Waals surface area contributed by atoms with Crippen molar-refractivity contribution < 1.29 is 49.1 Å². The highest BCUT2D eigenvalue weighted by atomic mass is 16.5. The Labute approximate surface area is 248 Å². The number of Topliss-reactive ketones (excluding diaryl/α,β-unsaturated/α-hetero) is 2. The largest absolute Gasteiger partial charge is 0.510 e. The number of hydrogen-bond acceptors (Lipinski definition) is 12. The molecule has 4 atom stereocenters. The van der Waals surface area contributed by atoms with Crippen molar-refractivity contribution in [1.29, 1.82) is 0 Å². The third-order valence-corrected chi connectivity index (χ3v) is 8.59. The lowest BCUT2D eigenvalue weighted by Gasteiger charge is -2.54. The molecule has 3 aliphatic rings. The number of nitrogens with zero attached hydrogens (tertiary/aromatic N) is 2. The van der Waals surface area contributed by atoms with Crippen LogP contribution < -0.4 is 16.4 Å². The molecule has 0 saturated carbocycles. The van der Waals surface area contributed by atoms with E-state index in [9.17, 15) is 39.6 Å². The quantitative estimate of drug-likeness (QED) is 0.158. The number of carbonyl (C=O) groups is 4. The van der Waals surface area contributed by atoms with Crippen molar-refractivity contribution in [3.63, 3.8) is 0 Å². The molecule has 0 radical (unpaired) electrons. The predicted octanol–water partition coefficient (Wildman–Crippen LogP) is 0.449. The van der Waals surface area contributed by atoms with Gasteiger partial charge in [-0.15, -0.1) is 0 Å². The van der Waals surface area contributed by atoms with Gasteiger partial charge in [-0.05, 0) is 57.5 Å². The van der Waals surface area contributed by atoms with E-state index in [2.05, 4.69) is 0 Å². The minimum absolute atomic E-state index is 0.0637. The van der Waals surface area contributed by atoms with E-state index in [1.54, 1.807) is 39.2 Å². The number of rotatable bonds is 10. The molecule has 0 aliphatic heterocycles. The zero-order chi connectivity index (χ0) is 32.0. The molecule has 4 rings (SSSR count). The van der Waals surface area contributed by atoms with E-state index < -0.39 is 63.6 Å². The second-order valence-corrected chi connectivity index (χ2v) is 11.7. The van der Waals surface area contributed by atoms with Crippen molar-refractivity contribution in [3.05, 3.63) is 45.9 Å². The normalized spacial score (nSPS) is 26.7. The Kier molecular flexibility index (Phi) is 8.51. The lowest BCUT2D eigenvalue weighted by atomic mass is 9.52. The number of benzene rings is 1. The first-order chi connectivity index (χ1) is 20.1. The van der Waals surface area contributed by atoms with Gasteiger partial charge in [0.2, 0.25) is 5.78 Å². The summed E-state index contributed by atoms with van der Waals surface area (Å²) in [6.45, 7) is 0.106. The first-order valence-electron chi connectivity index (χ1n) is 13.8. The zero-order valence-corrected chi connectivity index (χ0v) is 24.5. The Morgan fingerprint density at radius 2 is 1.70 bits per heavy atom. The summed E-state index contributed by atoms with van der Waals surface area (Å²) >= 11 is 0. The lowest BCUT2D eigenvalue weighted by Crippen LogP contribution is -2.66. The van der Waals surface area contributed by atoms with Crippen molar-refractivity contribution >= 4 is 29.3 Å². The fourth-order valence-corrected chi connectivity index (χ4v) is 6.77. The molecule has 0 unspecified atom stereocenters. The van der Waals surface area contributed by atoms with Crippen molar-refractivity contribution in [1.82, 2.24) is 4.90 Å². The van der Waals surface area contributed by atoms with Gasteiger partial charge < -0.3 is 46.3 Å². The lowest BCUT2D eigenvalue weighted by molar-refractivity contribution is -0.152. The smallest absolute Gasteiger partial charge is 0.404 e. The minimum Gasteiger partial charge on any atom is -0.510 e. The van der Waals surface area contributed by atoms with Crippen LogP contribution in [0.1, 0.15) is 35.2 Å². The molecule has 14 heteroatoms. The third kappa shape index (κ3) is 5.08. The molecule has 3 aliphatic carbocycles. The Balaban J connectivity index is 1.89. The number of anilines is 1. The molecule has 0 spiro atoms. The maximum Gasteiger partial charge on any atom is 0.404 e. The first kappa shape index (κ1) is 31.8. The van der Waals surface area contributed by atoms with Crippen molar-refractivity contribution in [3.8, 4) is 5.75 Å². The molecule has 0 saturated heterocycles. The topological polar surface area (TPSA) is 226 Å². The SMILES string of the molecule is CN(C)c1ccc(O)c2c1C[C@@]1(COCCCCOC(N)=O)C[C@H]3[C@H](N(C)C)C(O)=C(C(N)=O)C(=O)[C@@]3(O)C(O)=C1C2=O. The van der Waals surface area contributed by atoms with E-state index in [0.717, 1.165) is 0 Å². The van der Waals surface area contributed by atoms with E-state index in [4.69, 9.17) is 20.9 Å². The van der Waals surface area contributed by atoms with Crippen LogP contribution in [0.25, 0.3) is 0 Å².